The number of carboxylic acids is 1. The smallest absolute Gasteiger partial charge is 0.416 e. The SMILES string of the molecule is Cc1cccc(N2CCN(C3=Nc4cnccc4C(CC(=O)O)N3c3cccc(C(F)(F)F)c3)CC2)c1.Cl. The standard InChI is InChI=1S/C27H26F3N5O2.ClH/c1-18-4-2-6-20(14-18)33-10-12-34(13-11-33)26-32-23-17-31-9-8-22(23)24(16-25(36)37)35(26)21-7-3-5-19(15-21)27(28,29)30;/h2-9,14-15,17,24H,10-13,16H2,1H3,(H,36,37);1H. The predicted octanol–water partition coefficient (Wildman–Crippen LogP) is 5.68. The fourth-order valence-electron chi connectivity index (χ4n) is 4.92. The molecule has 3 aromatic rings. The zero-order chi connectivity index (χ0) is 26.2. The molecule has 0 bridgehead atoms. The number of hydrogen-bond donors (Lipinski definition) is 1. The molecule has 7 nitrogen and oxygen atoms in total. The van der Waals surface area contributed by atoms with Gasteiger partial charge in [0, 0.05) is 49.3 Å². The third-order valence-electron chi connectivity index (χ3n) is 6.69. The van der Waals surface area contributed by atoms with Crippen LogP contribution in [0.5, 0.6) is 0 Å². The first-order valence-corrected chi connectivity index (χ1v) is 12.0. The Hall–Kier alpha value is -3.79. The predicted molar refractivity (Wildman–Crippen MR) is 142 cm³/mol. The summed E-state index contributed by atoms with van der Waals surface area (Å²) in [5.41, 5.74) is 2.84. The highest BCUT2D eigenvalue weighted by atomic mass is 35.5. The summed E-state index contributed by atoms with van der Waals surface area (Å²) in [6.45, 7) is 4.54. The summed E-state index contributed by atoms with van der Waals surface area (Å²) in [4.78, 5) is 26.8. The van der Waals surface area contributed by atoms with Crippen LogP contribution < -0.4 is 9.80 Å². The maximum atomic E-state index is 13.6. The largest absolute Gasteiger partial charge is 0.481 e. The molecule has 11 heteroatoms. The van der Waals surface area contributed by atoms with Crippen LogP contribution in [0.2, 0.25) is 0 Å². The number of aliphatic imine (C=N–C) groups is 1. The third kappa shape index (κ3) is 5.55. The van der Waals surface area contributed by atoms with Crippen LogP contribution in [0, 0.1) is 6.92 Å². The normalized spacial score (nSPS) is 17.4. The first kappa shape index (κ1) is 27.3. The highest BCUT2D eigenvalue weighted by Gasteiger charge is 2.38. The molecule has 5 rings (SSSR count). The van der Waals surface area contributed by atoms with Crippen LogP contribution in [-0.4, -0.2) is 53.1 Å². The molecule has 1 unspecified atom stereocenters. The fraction of sp³-hybridized carbons (Fsp3) is 0.296. The molecule has 0 amide bonds. The van der Waals surface area contributed by atoms with Gasteiger partial charge in [-0.2, -0.15) is 13.2 Å². The molecular weight excluding hydrogens is 519 g/mol. The maximum Gasteiger partial charge on any atom is 0.416 e. The Morgan fingerprint density at radius 2 is 1.68 bits per heavy atom. The van der Waals surface area contributed by atoms with Crippen molar-refractivity contribution in [1.29, 1.82) is 0 Å². The van der Waals surface area contributed by atoms with E-state index < -0.39 is 23.8 Å². The number of aliphatic carboxylic acids is 1. The number of nitrogens with zero attached hydrogens (tertiary/aromatic N) is 5. The van der Waals surface area contributed by atoms with E-state index in [9.17, 15) is 23.1 Å². The molecule has 2 aromatic carbocycles. The maximum absolute atomic E-state index is 13.6. The lowest BCUT2D eigenvalue weighted by molar-refractivity contribution is -0.138. The average molecular weight is 546 g/mol. The van der Waals surface area contributed by atoms with Gasteiger partial charge in [0.05, 0.1) is 29.9 Å². The number of hydrogen-bond acceptors (Lipinski definition) is 6. The van der Waals surface area contributed by atoms with Crippen LogP contribution in [0.15, 0.2) is 72.0 Å². The van der Waals surface area contributed by atoms with E-state index in [-0.39, 0.29) is 24.5 Å². The van der Waals surface area contributed by atoms with E-state index in [4.69, 9.17) is 4.99 Å². The summed E-state index contributed by atoms with van der Waals surface area (Å²) in [5.74, 6) is -0.634. The molecule has 200 valence electrons. The lowest BCUT2D eigenvalue weighted by atomic mass is 9.98. The van der Waals surface area contributed by atoms with Crippen molar-refractivity contribution in [3.63, 3.8) is 0 Å². The first-order valence-electron chi connectivity index (χ1n) is 12.0. The number of fused-ring (bicyclic) bond motifs is 1. The van der Waals surface area contributed by atoms with Crippen LogP contribution >= 0.6 is 12.4 Å². The van der Waals surface area contributed by atoms with E-state index >= 15 is 0 Å². The third-order valence-corrected chi connectivity index (χ3v) is 6.69. The minimum atomic E-state index is -4.54. The molecule has 1 fully saturated rings. The van der Waals surface area contributed by atoms with Crippen LogP contribution in [0.3, 0.4) is 0 Å². The van der Waals surface area contributed by atoms with Gasteiger partial charge >= 0.3 is 12.1 Å². The highest BCUT2D eigenvalue weighted by Crippen LogP contribution is 2.41. The van der Waals surface area contributed by atoms with Crippen LogP contribution in [-0.2, 0) is 11.0 Å². The molecule has 1 aromatic heterocycles. The number of aromatic nitrogens is 1. The topological polar surface area (TPSA) is 72.3 Å². The van der Waals surface area contributed by atoms with Crippen molar-refractivity contribution >= 4 is 41.4 Å². The number of guanidine groups is 1. The Bertz CT molecular complexity index is 1340. The first-order chi connectivity index (χ1) is 17.7. The summed E-state index contributed by atoms with van der Waals surface area (Å²) in [6.07, 6.45) is -1.74. The number of anilines is 2. The summed E-state index contributed by atoms with van der Waals surface area (Å²) in [6, 6.07) is 14.1. The molecule has 0 radical (unpaired) electrons. The number of carbonyl (C=O) groups is 1. The molecule has 0 saturated carbocycles. The number of carboxylic acid groups (broad SMARTS) is 1. The molecule has 1 atom stereocenters. The Balaban J connectivity index is 0.00000336. The van der Waals surface area contributed by atoms with Crippen molar-refractivity contribution in [2.45, 2.75) is 25.6 Å². The molecule has 1 saturated heterocycles. The second-order valence-corrected chi connectivity index (χ2v) is 9.19. The van der Waals surface area contributed by atoms with Gasteiger partial charge in [-0.15, -0.1) is 12.4 Å². The Morgan fingerprint density at radius 3 is 2.37 bits per heavy atom. The van der Waals surface area contributed by atoms with Gasteiger partial charge in [0.15, 0.2) is 0 Å². The number of benzene rings is 2. The second-order valence-electron chi connectivity index (χ2n) is 9.19. The zero-order valence-electron chi connectivity index (χ0n) is 20.6. The van der Waals surface area contributed by atoms with E-state index in [2.05, 4.69) is 22.0 Å². The number of piperazine rings is 1. The van der Waals surface area contributed by atoms with E-state index in [1.807, 2.05) is 24.0 Å². The number of rotatable bonds is 4. The lowest BCUT2D eigenvalue weighted by Gasteiger charge is -2.45. The molecule has 38 heavy (non-hydrogen) atoms. The minimum absolute atomic E-state index is 0. The number of alkyl halides is 3. The van der Waals surface area contributed by atoms with Crippen molar-refractivity contribution in [3.05, 3.63) is 83.7 Å². The van der Waals surface area contributed by atoms with Crippen molar-refractivity contribution in [3.8, 4) is 0 Å². The highest BCUT2D eigenvalue weighted by molar-refractivity contribution is 6.01. The van der Waals surface area contributed by atoms with Gasteiger partial charge < -0.3 is 19.8 Å². The van der Waals surface area contributed by atoms with Crippen molar-refractivity contribution in [2.75, 3.05) is 36.0 Å². The number of pyridine rings is 1. The summed E-state index contributed by atoms with van der Waals surface area (Å²) < 4.78 is 40.8. The van der Waals surface area contributed by atoms with E-state index in [1.54, 1.807) is 29.4 Å². The Labute approximate surface area is 224 Å². The Kier molecular flexibility index (Phi) is 7.82. The van der Waals surface area contributed by atoms with Gasteiger partial charge in [-0.05, 0) is 48.9 Å². The molecular formula is C27H27ClF3N5O2. The molecule has 3 heterocycles. The zero-order valence-corrected chi connectivity index (χ0v) is 21.4. The summed E-state index contributed by atoms with van der Waals surface area (Å²) in [7, 11) is 0. The van der Waals surface area contributed by atoms with Crippen LogP contribution in [0.1, 0.15) is 29.2 Å². The van der Waals surface area contributed by atoms with E-state index in [1.165, 1.54) is 6.07 Å². The molecule has 2 aliphatic rings. The van der Waals surface area contributed by atoms with Crippen LogP contribution in [0.4, 0.5) is 30.2 Å². The van der Waals surface area contributed by atoms with Gasteiger partial charge in [0.1, 0.15) is 0 Å². The van der Waals surface area contributed by atoms with Gasteiger partial charge in [-0.3, -0.25) is 9.78 Å². The lowest BCUT2D eigenvalue weighted by Crippen LogP contribution is -2.55. The number of halogens is 4. The van der Waals surface area contributed by atoms with Crippen LogP contribution in [0.25, 0.3) is 0 Å². The molecule has 1 N–H and O–H groups in total. The quantitative estimate of drug-likeness (QED) is 0.455. The monoisotopic (exact) mass is 545 g/mol. The number of aryl methyl sites for hydroxylation is 1. The second kappa shape index (κ2) is 10.9. The summed E-state index contributed by atoms with van der Waals surface area (Å²) in [5, 5.41) is 9.74. The van der Waals surface area contributed by atoms with E-state index in [0.29, 0.717) is 43.4 Å². The van der Waals surface area contributed by atoms with Gasteiger partial charge in [0.25, 0.3) is 0 Å². The van der Waals surface area contributed by atoms with Gasteiger partial charge in [-0.1, -0.05) is 18.2 Å². The van der Waals surface area contributed by atoms with E-state index in [0.717, 1.165) is 23.4 Å². The summed E-state index contributed by atoms with van der Waals surface area (Å²) >= 11 is 0. The van der Waals surface area contributed by atoms with Gasteiger partial charge in [0.2, 0.25) is 5.96 Å². The minimum Gasteiger partial charge on any atom is -0.481 e. The van der Waals surface area contributed by atoms with Crippen molar-refractivity contribution < 1.29 is 23.1 Å². The molecule has 0 spiro atoms. The molecule has 0 aliphatic carbocycles. The average Bonchev–Trinajstić information content (AvgIpc) is 2.88. The van der Waals surface area contributed by atoms with Gasteiger partial charge in [-0.25, -0.2) is 4.99 Å². The fourth-order valence-corrected chi connectivity index (χ4v) is 4.92. The Morgan fingerprint density at radius 1 is 1.00 bits per heavy atom. The van der Waals surface area contributed by atoms with Crippen molar-refractivity contribution in [1.82, 2.24) is 9.88 Å². The molecule has 2 aliphatic heterocycles. The van der Waals surface area contributed by atoms with Crippen molar-refractivity contribution in [2.24, 2.45) is 4.99 Å².